The number of pyridine rings is 1. The minimum atomic E-state index is -1.32. The highest BCUT2D eigenvalue weighted by atomic mass is 35.5. The van der Waals surface area contributed by atoms with Gasteiger partial charge in [0.15, 0.2) is 0 Å². The lowest BCUT2D eigenvalue weighted by Crippen LogP contribution is -2.24. The molecule has 0 radical (unpaired) electrons. The van der Waals surface area contributed by atoms with Crippen LogP contribution in [0.5, 0.6) is 0 Å². The lowest BCUT2D eigenvalue weighted by atomic mass is 10.1. The molecule has 2 N–H and O–H groups in total. The normalized spacial score (nSPS) is 10.5. The molecule has 0 fully saturated rings. The van der Waals surface area contributed by atoms with Gasteiger partial charge in [-0.05, 0) is 31.2 Å². The average molecular weight is 345 g/mol. The highest BCUT2D eigenvalue weighted by Gasteiger charge is 2.18. The minimum Gasteiger partial charge on any atom is -0.465 e. The summed E-state index contributed by atoms with van der Waals surface area (Å²) >= 11 is 11.9. The smallest absolute Gasteiger partial charge is 0.409 e. The number of nitrogens with zero attached hydrogens (tertiary/aromatic N) is 1. The number of carboxylic acid groups (broad SMARTS) is 1. The summed E-state index contributed by atoms with van der Waals surface area (Å²) in [5.74, 6) is -0.541. The zero-order chi connectivity index (χ0) is 16.4. The van der Waals surface area contributed by atoms with Crippen molar-refractivity contribution in [1.29, 1.82) is 0 Å². The number of hydrogen-bond acceptors (Lipinski definition) is 2. The maximum absolute atomic E-state index is 13.2. The van der Waals surface area contributed by atoms with Crippen molar-refractivity contribution in [3.05, 3.63) is 50.5 Å². The first kappa shape index (κ1) is 16.3. The first-order valence-electron chi connectivity index (χ1n) is 6.23. The van der Waals surface area contributed by atoms with Crippen molar-refractivity contribution < 1.29 is 14.3 Å². The Morgan fingerprint density at radius 3 is 2.55 bits per heavy atom. The Kier molecular flexibility index (Phi) is 4.73. The van der Waals surface area contributed by atoms with E-state index in [4.69, 9.17) is 28.3 Å². The van der Waals surface area contributed by atoms with Crippen molar-refractivity contribution in [3.63, 3.8) is 0 Å². The molecule has 0 saturated heterocycles. The van der Waals surface area contributed by atoms with Crippen molar-refractivity contribution >= 4 is 35.0 Å². The molecule has 0 atom stereocenters. The van der Waals surface area contributed by atoms with Gasteiger partial charge in [0.1, 0.15) is 10.8 Å². The van der Waals surface area contributed by atoms with Crippen molar-refractivity contribution in [2.24, 2.45) is 0 Å². The van der Waals surface area contributed by atoms with E-state index < -0.39 is 17.5 Å². The van der Waals surface area contributed by atoms with E-state index in [2.05, 4.69) is 5.32 Å². The van der Waals surface area contributed by atoms with Gasteiger partial charge in [0, 0.05) is 12.1 Å². The van der Waals surface area contributed by atoms with Crippen molar-refractivity contribution in [2.45, 2.75) is 13.5 Å². The van der Waals surface area contributed by atoms with Crippen molar-refractivity contribution in [3.8, 4) is 11.3 Å². The van der Waals surface area contributed by atoms with Gasteiger partial charge >= 0.3 is 6.09 Å². The third-order valence-corrected chi connectivity index (χ3v) is 3.57. The second kappa shape index (κ2) is 6.37. The summed E-state index contributed by atoms with van der Waals surface area (Å²) in [6, 6.07) is 4.84. The summed E-state index contributed by atoms with van der Waals surface area (Å²) in [7, 11) is 0. The largest absolute Gasteiger partial charge is 0.465 e. The minimum absolute atomic E-state index is 0.0531. The number of carbonyl (C=O) groups is 1. The number of anilines is 1. The Hall–Kier alpha value is -2.05. The second-order valence-corrected chi connectivity index (χ2v) is 5.17. The van der Waals surface area contributed by atoms with E-state index in [1.54, 1.807) is 6.92 Å². The monoisotopic (exact) mass is 344 g/mol. The molecule has 5 nitrogen and oxygen atoms in total. The van der Waals surface area contributed by atoms with Gasteiger partial charge in [-0.25, -0.2) is 9.18 Å². The number of amides is 1. The van der Waals surface area contributed by atoms with Crippen molar-refractivity contribution in [1.82, 2.24) is 4.57 Å². The van der Waals surface area contributed by atoms with Gasteiger partial charge in [-0.1, -0.05) is 23.2 Å². The topological polar surface area (TPSA) is 71.3 Å². The van der Waals surface area contributed by atoms with Crippen LogP contribution in [0.3, 0.4) is 0 Å². The van der Waals surface area contributed by atoms with Gasteiger partial charge in [-0.15, -0.1) is 0 Å². The van der Waals surface area contributed by atoms with Crippen LogP contribution in [0.1, 0.15) is 6.92 Å². The third kappa shape index (κ3) is 3.08. The zero-order valence-corrected chi connectivity index (χ0v) is 12.9. The van der Waals surface area contributed by atoms with Gasteiger partial charge in [-0.3, -0.25) is 10.1 Å². The molecule has 1 aromatic heterocycles. The molecular formula is C14H11Cl2FN2O3. The number of halogens is 3. The molecule has 0 aliphatic heterocycles. The predicted octanol–water partition coefficient (Wildman–Crippen LogP) is 4.07. The van der Waals surface area contributed by atoms with E-state index in [1.807, 2.05) is 0 Å². The first-order chi connectivity index (χ1) is 10.3. The molecule has 0 saturated carbocycles. The highest BCUT2D eigenvalue weighted by Crippen LogP contribution is 2.34. The number of hydrogen-bond donors (Lipinski definition) is 2. The van der Waals surface area contributed by atoms with Crippen LogP contribution in [-0.4, -0.2) is 15.8 Å². The number of aromatic nitrogens is 1. The number of rotatable bonds is 3. The molecule has 0 unspecified atom stereocenters. The molecule has 1 heterocycles. The lowest BCUT2D eigenvalue weighted by Gasteiger charge is -2.17. The predicted molar refractivity (Wildman–Crippen MR) is 83.4 cm³/mol. The fourth-order valence-electron chi connectivity index (χ4n) is 2.12. The molecule has 2 aromatic rings. The summed E-state index contributed by atoms with van der Waals surface area (Å²) in [4.78, 5) is 23.1. The Morgan fingerprint density at radius 2 is 2.00 bits per heavy atom. The van der Waals surface area contributed by atoms with E-state index in [9.17, 15) is 14.0 Å². The molecule has 0 spiro atoms. The van der Waals surface area contributed by atoms with Crippen LogP contribution in [0.4, 0.5) is 14.9 Å². The molecular weight excluding hydrogens is 334 g/mol. The van der Waals surface area contributed by atoms with Crippen molar-refractivity contribution in [2.75, 3.05) is 5.32 Å². The molecule has 22 heavy (non-hydrogen) atoms. The Balaban J connectivity index is 2.84. The summed E-state index contributed by atoms with van der Waals surface area (Å²) in [5.41, 5.74) is 0.148. The summed E-state index contributed by atoms with van der Waals surface area (Å²) in [6.45, 7) is 1.93. The van der Waals surface area contributed by atoms with E-state index in [1.165, 1.54) is 22.8 Å². The van der Waals surface area contributed by atoms with Crippen LogP contribution in [0.15, 0.2) is 29.1 Å². The maximum atomic E-state index is 13.2. The van der Waals surface area contributed by atoms with Crippen LogP contribution in [-0.2, 0) is 6.54 Å². The fourth-order valence-corrected chi connectivity index (χ4v) is 2.58. The summed E-state index contributed by atoms with van der Waals surface area (Å²) < 4.78 is 14.5. The quantitative estimate of drug-likeness (QED) is 0.881. The molecule has 1 amide bonds. The molecule has 0 aliphatic carbocycles. The fraction of sp³-hybridized carbons (Fsp3) is 0.143. The van der Waals surface area contributed by atoms with E-state index in [-0.39, 0.29) is 28.0 Å². The Bertz CT molecular complexity index is 805. The van der Waals surface area contributed by atoms with Crippen LogP contribution in [0.25, 0.3) is 11.3 Å². The second-order valence-electron chi connectivity index (χ2n) is 4.36. The Labute approximate surface area is 134 Å². The molecule has 8 heteroatoms. The van der Waals surface area contributed by atoms with Gasteiger partial charge in [-0.2, -0.15) is 0 Å². The van der Waals surface area contributed by atoms with E-state index in [0.29, 0.717) is 5.56 Å². The van der Waals surface area contributed by atoms with E-state index >= 15 is 0 Å². The van der Waals surface area contributed by atoms with E-state index in [0.717, 1.165) is 6.07 Å². The van der Waals surface area contributed by atoms with Gasteiger partial charge in [0.2, 0.25) is 0 Å². The Morgan fingerprint density at radius 1 is 1.32 bits per heavy atom. The number of nitrogens with one attached hydrogen (secondary N) is 1. The van der Waals surface area contributed by atoms with Crippen LogP contribution in [0.2, 0.25) is 10.0 Å². The van der Waals surface area contributed by atoms with Gasteiger partial charge in [0.05, 0.1) is 16.4 Å². The SMILES string of the molecule is CCn1c(-c2ccc(F)cc2Cl)c(NC(=O)O)cc(Cl)c1=O. The van der Waals surface area contributed by atoms with Crippen LogP contribution < -0.4 is 10.9 Å². The molecule has 1 aromatic carbocycles. The molecule has 116 valence electrons. The summed E-state index contributed by atoms with van der Waals surface area (Å²) in [6.07, 6.45) is -1.32. The van der Waals surface area contributed by atoms with Crippen LogP contribution >= 0.6 is 23.2 Å². The number of benzene rings is 1. The first-order valence-corrected chi connectivity index (χ1v) is 6.99. The summed E-state index contributed by atoms with van der Waals surface area (Å²) in [5, 5.41) is 11.0. The molecule has 2 rings (SSSR count). The van der Waals surface area contributed by atoms with Gasteiger partial charge in [0.25, 0.3) is 5.56 Å². The lowest BCUT2D eigenvalue weighted by molar-refractivity contribution is 0.209. The molecule has 0 bridgehead atoms. The third-order valence-electron chi connectivity index (χ3n) is 2.99. The van der Waals surface area contributed by atoms with Gasteiger partial charge < -0.3 is 9.67 Å². The average Bonchev–Trinajstić information content (AvgIpc) is 2.42. The standard InChI is InChI=1S/C14H11Cl2FN2O3/c1-2-19-12(8-4-3-7(17)5-9(8)15)11(18-14(21)22)6-10(16)13(19)20/h3-6,18H,2H2,1H3,(H,21,22). The zero-order valence-electron chi connectivity index (χ0n) is 11.4. The van der Waals surface area contributed by atoms with Crippen LogP contribution in [0, 0.1) is 5.82 Å². The molecule has 0 aliphatic rings. The maximum Gasteiger partial charge on any atom is 0.409 e. The highest BCUT2D eigenvalue weighted by molar-refractivity contribution is 6.33.